The molecular formula is C12H24N2O3. The highest BCUT2D eigenvalue weighted by Crippen LogP contribution is 2.21. The summed E-state index contributed by atoms with van der Waals surface area (Å²) < 4.78 is 10.9. The SMILES string of the molecule is CC(C)CCNC(=O)NCCC1(C)OCCO1. The second-order valence-corrected chi connectivity index (χ2v) is 4.95. The van der Waals surface area contributed by atoms with Crippen LogP contribution in [0.15, 0.2) is 0 Å². The van der Waals surface area contributed by atoms with Gasteiger partial charge in [-0.05, 0) is 19.3 Å². The normalized spacial score (nSPS) is 18.4. The Labute approximate surface area is 103 Å². The van der Waals surface area contributed by atoms with Crippen LogP contribution in [0.3, 0.4) is 0 Å². The lowest BCUT2D eigenvalue weighted by Crippen LogP contribution is -2.39. The Balaban J connectivity index is 2.03. The van der Waals surface area contributed by atoms with Crippen molar-refractivity contribution in [2.24, 2.45) is 5.92 Å². The van der Waals surface area contributed by atoms with Gasteiger partial charge in [-0.3, -0.25) is 0 Å². The molecule has 0 aliphatic carbocycles. The molecule has 1 fully saturated rings. The average Bonchev–Trinajstić information content (AvgIpc) is 2.65. The van der Waals surface area contributed by atoms with Gasteiger partial charge in [0.15, 0.2) is 5.79 Å². The van der Waals surface area contributed by atoms with Crippen molar-refractivity contribution in [2.45, 2.75) is 39.4 Å². The Hall–Kier alpha value is -0.810. The summed E-state index contributed by atoms with van der Waals surface area (Å²) in [7, 11) is 0. The molecule has 1 aliphatic heterocycles. The molecule has 0 saturated carbocycles. The molecule has 2 amide bonds. The van der Waals surface area contributed by atoms with E-state index in [4.69, 9.17) is 9.47 Å². The lowest BCUT2D eigenvalue weighted by Gasteiger charge is -2.22. The lowest BCUT2D eigenvalue weighted by atomic mass is 10.1. The first-order valence-corrected chi connectivity index (χ1v) is 6.31. The highest BCUT2D eigenvalue weighted by Gasteiger charge is 2.30. The average molecular weight is 244 g/mol. The van der Waals surface area contributed by atoms with E-state index in [1.54, 1.807) is 0 Å². The van der Waals surface area contributed by atoms with Gasteiger partial charge in [-0.15, -0.1) is 0 Å². The Morgan fingerprint density at radius 2 is 1.82 bits per heavy atom. The highest BCUT2D eigenvalue weighted by atomic mass is 16.7. The van der Waals surface area contributed by atoms with E-state index in [2.05, 4.69) is 24.5 Å². The molecule has 0 bridgehead atoms. The molecule has 5 heteroatoms. The van der Waals surface area contributed by atoms with Crippen LogP contribution < -0.4 is 10.6 Å². The van der Waals surface area contributed by atoms with E-state index < -0.39 is 5.79 Å². The fourth-order valence-electron chi connectivity index (χ4n) is 1.64. The standard InChI is InChI=1S/C12H24N2O3/c1-10(2)4-6-13-11(15)14-7-5-12(3)16-8-9-17-12/h10H,4-9H2,1-3H3,(H2,13,14,15). The van der Waals surface area contributed by atoms with E-state index in [0.29, 0.717) is 38.6 Å². The van der Waals surface area contributed by atoms with E-state index in [1.165, 1.54) is 0 Å². The summed E-state index contributed by atoms with van der Waals surface area (Å²) in [5.74, 6) is 0.0834. The number of carbonyl (C=O) groups excluding carboxylic acids is 1. The molecule has 0 radical (unpaired) electrons. The topological polar surface area (TPSA) is 59.6 Å². The summed E-state index contributed by atoms with van der Waals surface area (Å²) >= 11 is 0. The zero-order chi connectivity index (χ0) is 12.7. The minimum absolute atomic E-state index is 0.118. The number of rotatable bonds is 6. The predicted molar refractivity (Wildman–Crippen MR) is 65.8 cm³/mol. The van der Waals surface area contributed by atoms with Gasteiger partial charge in [-0.1, -0.05) is 13.8 Å². The molecule has 5 nitrogen and oxygen atoms in total. The van der Waals surface area contributed by atoms with Gasteiger partial charge >= 0.3 is 6.03 Å². The number of hydrogen-bond donors (Lipinski definition) is 2. The number of urea groups is 1. The van der Waals surface area contributed by atoms with Crippen molar-refractivity contribution < 1.29 is 14.3 Å². The first kappa shape index (κ1) is 14.3. The Morgan fingerprint density at radius 3 is 2.41 bits per heavy atom. The summed E-state index contributed by atoms with van der Waals surface area (Å²) in [6, 6.07) is -0.118. The molecule has 2 N–H and O–H groups in total. The Bertz CT molecular complexity index is 238. The quantitative estimate of drug-likeness (QED) is 0.744. The Kier molecular flexibility index (Phi) is 5.71. The van der Waals surface area contributed by atoms with Crippen LogP contribution in [-0.2, 0) is 9.47 Å². The third kappa shape index (κ3) is 5.89. The van der Waals surface area contributed by atoms with Crippen LogP contribution in [0.5, 0.6) is 0 Å². The maximum atomic E-state index is 11.4. The second kappa shape index (κ2) is 6.81. The van der Waals surface area contributed by atoms with Crippen LogP contribution in [-0.4, -0.2) is 38.1 Å². The maximum absolute atomic E-state index is 11.4. The first-order chi connectivity index (χ1) is 8.02. The fourth-order valence-corrected chi connectivity index (χ4v) is 1.64. The van der Waals surface area contributed by atoms with Gasteiger partial charge in [0.25, 0.3) is 0 Å². The molecule has 0 unspecified atom stereocenters. The molecule has 0 aromatic rings. The van der Waals surface area contributed by atoms with Crippen LogP contribution in [0.2, 0.25) is 0 Å². The predicted octanol–water partition coefficient (Wildman–Crippen LogP) is 1.48. The fraction of sp³-hybridized carbons (Fsp3) is 0.917. The zero-order valence-electron chi connectivity index (χ0n) is 11.0. The molecule has 1 saturated heterocycles. The minimum Gasteiger partial charge on any atom is -0.348 e. The largest absolute Gasteiger partial charge is 0.348 e. The molecule has 100 valence electrons. The molecule has 1 aliphatic rings. The van der Waals surface area contributed by atoms with E-state index in [1.807, 2.05) is 6.92 Å². The second-order valence-electron chi connectivity index (χ2n) is 4.95. The molecule has 0 aromatic heterocycles. The van der Waals surface area contributed by atoms with Crippen LogP contribution in [0.1, 0.15) is 33.6 Å². The number of amides is 2. The zero-order valence-corrected chi connectivity index (χ0v) is 11.0. The third-order valence-corrected chi connectivity index (χ3v) is 2.77. The van der Waals surface area contributed by atoms with Gasteiger partial charge in [0.05, 0.1) is 13.2 Å². The van der Waals surface area contributed by atoms with E-state index in [-0.39, 0.29) is 6.03 Å². The van der Waals surface area contributed by atoms with Gasteiger partial charge in [-0.2, -0.15) is 0 Å². The van der Waals surface area contributed by atoms with Gasteiger partial charge in [0.2, 0.25) is 0 Å². The summed E-state index contributed by atoms with van der Waals surface area (Å²) in [4.78, 5) is 11.4. The number of carbonyl (C=O) groups is 1. The van der Waals surface area contributed by atoms with Crippen molar-refractivity contribution in [1.82, 2.24) is 10.6 Å². The van der Waals surface area contributed by atoms with Crippen molar-refractivity contribution in [3.8, 4) is 0 Å². The third-order valence-electron chi connectivity index (χ3n) is 2.77. The van der Waals surface area contributed by atoms with Crippen molar-refractivity contribution in [2.75, 3.05) is 26.3 Å². The lowest BCUT2D eigenvalue weighted by molar-refractivity contribution is -0.145. The molecule has 0 spiro atoms. The number of ether oxygens (including phenoxy) is 2. The maximum Gasteiger partial charge on any atom is 0.314 e. The monoisotopic (exact) mass is 244 g/mol. The summed E-state index contributed by atoms with van der Waals surface area (Å²) in [6.45, 7) is 8.72. The van der Waals surface area contributed by atoms with Crippen molar-refractivity contribution >= 4 is 6.03 Å². The van der Waals surface area contributed by atoms with Crippen LogP contribution >= 0.6 is 0 Å². The highest BCUT2D eigenvalue weighted by molar-refractivity contribution is 5.73. The number of nitrogens with one attached hydrogen (secondary N) is 2. The molecule has 0 atom stereocenters. The molecule has 0 aromatic carbocycles. The van der Waals surface area contributed by atoms with Gasteiger partial charge in [-0.25, -0.2) is 4.79 Å². The van der Waals surface area contributed by atoms with Crippen LogP contribution in [0.25, 0.3) is 0 Å². The minimum atomic E-state index is -0.523. The van der Waals surface area contributed by atoms with Gasteiger partial charge in [0, 0.05) is 19.5 Å². The molecule has 17 heavy (non-hydrogen) atoms. The van der Waals surface area contributed by atoms with E-state index >= 15 is 0 Å². The summed E-state index contributed by atoms with van der Waals surface area (Å²) in [5, 5.41) is 5.62. The van der Waals surface area contributed by atoms with Crippen molar-refractivity contribution in [3.63, 3.8) is 0 Å². The smallest absolute Gasteiger partial charge is 0.314 e. The van der Waals surface area contributed by atoms with Crippen LogP contribution in [0.4, 0.5) is 4.79 Å². The van der Waals surface area contributed by atoms with Gasteiger partial charge < -0.3 is 20.1 Å². The first-order valence-electron chi connectivity index (χ1n) is 6.31. The summed E-state index contributed by atoms with van der Waals surface area (Å²) in [5.41, 5.74) is 0. The number of hydrogen-bond acceptors (Lipinski definition) is 3. The van der Waals surface area contributed by atoms with Crippen LogP contribution in [0, 0.1) is 5.92 Å². The molecule has 1 rings (SSSR count). The molecular weight excluding hydrogens is 220 g/mol. The van der Waals surface area contributed by atoms with Crippen molar-refractivity contribution in [3.05, 3.63) is 0 Å². The van der Waals surface area contributed by atoms with Gasteiger partial charge in [0.1, 0.15) is 0 Å². The van der Waals surface area contributed by atoms with E-state index in [9.17, 15) is 4.79 Å². The molecule has 1 heterocycles. The Morgan fingerprint density at radius 1 is 1.24 bits per heavy atom. The van der Waals surface area contributed by atoms with E-state index in [0.717, 1.165) is 6.42 Å². The summed E-state index contributed by atoms with van der Waals surface area (Å²) in [6.07, 6.45) is 1.67. The van der Waals surface area contributed by atoms with Crippen molar-refractivity contribution in [1.29, 1.82) is 0 Å².